The standard InChI is InChI=1S/C8H10N2/c1-3-9-8-6-4-5-7(2)10-8/h3-6H,1H2,2H3,(H,9,10). The zero-order valence-electron chi connectivity index (χ0n) is 5.96. The van der Waals surface area contributed by atoms with Gasteiger partial charge in [0, 0.05) is 5.69 Å². The SMILES string of the molecule is C=CNc1cccc(C)n1. The van der Waals surface area contributed by atoms with Gasteiger partial charge in [-0.2, -0.15) is 0 Å². The zero-order valence-corrected chi connectivity index (χ0v) is 5.96. The summed E-state index contributed by atoms with van der Waals surface area (Å²) < 4.78 is 0. The van der Waals surface area contributed by atoms with E-state index in [0.29, 0.717) is 0 Å². The molecule has 0 atom stereocenters. The molecule has 2 heteroatoms. The van der Waals surface area contributed by atoms with Crippen molar-refractivity contribution in [1.29, 1.82) is 0 Å². The maximum atomic E-state index is 4.18. The highest BCUT2D eigenvalue weighted by Crippen LogP contribution is 2.02. The lowest BCUT2D eigenvalue weighted by atomic mass is 10.4. The Kier molecular flexibility index (Phi) is 2.05. The highest BCUT2D eigenvalue weighted by atomic mass is 15.0. The Labute approximate surface area is 60.6 Å². The second-order valence-corrected chi connectivity index (χ2v) is 2.01. The predicted molar refractivity (Wildman–Crippen MR) is 42.8 cm³/mol. The molecule has 0 aliphatic carbocycles. The first-order valence-corrected chi connectivity index (χ1v) is 3.14. The molecular weight excluding hydrogens is 124 g/mol. The van der Waals surface area contributed by atoms with E-state index in [1.165, 1.54) is 0 Å². The Hall–Kier alpha value is -1.31. The van der Waals surface area contributed by atoms with Crippen LogP contribution >= 0.6 is 0 Å². The Morgan fingerprint density at radius 1 is 1.60 bits per heavy atom. The molecule has 0 radical (unpaired) electrons. The van der Waals surface area contributed by atoms with Gasteiger partial charge in [0.25, 0.3) is 0 Å². The van der Waals surface area contributed by atoms with E-state index in [4.69, 9.17) is 0 Å². The van der Waals surface area contributed by atoms with Crippen molar-refractivity contribution < 1.29 is 0 Å². The smallest absolute Gasteiger partial charge is 0.130 e. The lowest BCUT2D eigenvalue weighted by Gasteiger charge is -1.98. The summed E-state index contributed by atoms with van der Waals surface area (Å²) in [7, 11) is 0. The summed E-state index contributed by atoms with van der Waals surface area (Å²) in [6, 6.07) is 5.80. The van der Waals surface area contributed by atoms with Gasteiger partial charge in [0.15, 0.2) is 0 Å². The highest BCUT2D eigenvalue weighted by molar-refractivity contribution is 5.37. The van der Waals surface area contributed by atoms with Crippen molar-refractivity contribution >= 4 is 5.82 Å². The first kappa shape index (κ1) is 6.81. The van der Waals surface area contributed by atoms with Crippen LogP contribution in [0.5, 0.6) is 0 Å². The lowest BCUT2D eigenvalue weighted by Crippen LogP contribution is -1.90. The molecule has 0 aliphatic rings. The molecule has 2 nitrogen and oxygen atoms in total. The van der Waals surface area contributed by atoms with Gasteiger partial charge in [0.1, 0.15) is 5.82 Å². The number of rotatable bonds is 2. The van der Waals surface area contributed by atoms with Crippen LogP contribution in [-0.2, 0) is 0 Å². The van der Waals surface area contributed by atoms with Gasteiger partial charge in [-0.15, -0.1) is 0 Å². The van der Waals surface area contributed by atoms with Crippen LogP contribution in [0.1, 0.15) is 5.69 Å². The number of aromatic nitrogens is 1. The summed E-state index contributed by atoms with van der Waals surface area (Å²) >= 11 is 0. The van der Waals surface area contributed by atoms with Crippen molar-refractivity contribution in [2.75, 3.05) is 5.32 Å². The predicted octanol–water partition coefficient (Wildman–Crippen LogP) is 1.95. The first-order chi connectivity index (χ1) is 4.83. The van der Waals surface area contributed by atoms with Gasteiger partial charge >= 0.3 is 0 Å². The van der Waals surface area contributed by atoms with Gasteiger partial charge < -0.3 is 5.32 Å². The van der Waals surface area contributed by atoms with Crippen LogP contribution in [0.25, 0.3) is 0 Å². The minimum atomic E-state index is 0.843. The number of nitrogens with one attached hydrogen (secondary N) is 1. The third kappa shape index (κ3) is 1.58. The van der Waals surface area contributed by atoms with E-state index in [-0.39, 0.29) is 0 Å². The highest BCUT2D eigenvalue weighted by Gasteiger charge is 1.87. The van der Waals surface area contributed by atoms with Crippen molar-refractivity contribution in [3.63, 3.8) is 0 Å². The maximum Gasteiger partial charge on any atom is 0.130 e. The molecule has 0 bridgehead atoms. The van der Waals surface area contributed by atoms with Crippen molar-refractivity contribution in [2.45, 2.75) is 6.92 Å². The lowest BCUT2D eigenvalue weighted by molar-refractivity contribution is 1.20. The third-order valence-corrected chi connectivity index (χ3v) is 1.14. The van der Waals surface area contributed by atoms with Crippen LogP contribution < -0.4 is 5.32 Å². The van der Waals surface area contributed by atoms with Gasteiger partial charge in [-0.3, -0.25) is 0 Å². The van der Waals surface area contributed by atoms with E-state index in [9.17, 15) is 0 Å². The zero-order chi connectivity index (χ0) is 7.40. The monoisotopic (exact) mass is 134 g/mol. The summed E-state index contributed by atoms with van der Waals surface area (Å²) in [5.74, 6) is 0.843. The molecule has 0 spiro atoms. The number of aryl methyl sites for hydroxylation is 1. The molecule has 0 amide bonds. The fourth-order valence-corrected chi connectivity index (χ4v) is 0.728. The van der Waals surface area contributed by atoms with Gasteiger partial charge in [-0.1, -0.05) is 12.6 Å². The number of hydrogen-bond donors (Lipinski definition) is 1. The Morgan fingerprint density at radius 3 is 3.00 bits per heavy atom. The summed E-state index contributed by atoms with van der Waals surface area (Å²) in [6.07, 6.45) is 1.61. The molecule has 1 aromatic rings. The molecule has 0 saturated carbocycles. The van der Waals surface area contributed by atoms with Gasteiger partial charge in [0.05, 0.1) is 0 Å². The van der Waals surface area contributed by atoms with Crippen LogP contribution in [0.3, 0.4) is 0 Å². The number of pyridine rings is 1. The van der Waals surface area contributed by atoms with E-state index in [0.717, 1.165) is 11.5 Å². The second kappa shape index (κ2) is 3.01. The van der Waals surface area contributed by atoms with E-state index in [1.807, 2.05) is 25.1 Å². The summed E-state index contributed by atoms with van der Waals surface area (Å²) in [5, 5.41) is 2.90. The fourth-order valence-electron chi connectivity index (χ4n) is 0.728. The first-order valence-electron chi connectivity index (χ1n) is 3.14. The Bertz CT molecular complexity index is 230. The molecule has 0 aromatic carbocycles. The molecule has 1 N–H and O–H groups in total. The van der Waals surface area contributed by atoms with E-state index < -0.39 is 0 Å². The van der Waals surface area contributed by atoms with E-state index >= 15 is 0 Å². The molecule has 1 heterocycles. The summed E-state index contributed by atoms with van der Waals surface area (Å²) in [6.45, 7) is 5.49. The minimum absolute atomic E-state index is 0.843. The average Bonchev–Trinajstić information content (AvgIpc) is 1.88. The van der Waals surface area contributed by atoms with Gasteiger partial charge in [-0.05, 0) is 25.3 Å². The van der Waals surface area contributed by atoms with Crippen LogP contribution in [0.2, 0.25) is 0 Å². The normalized spacial score (nSPS) is 8.90. The van der Waals surface area contributed by atoms with E-state index in [2.05, 4.69) is 16.9 Å². The Morgan fingerprint density at radius 2 is 2.40 bits per heavy atom. The van der Waals surface area contributed by atoms with Gasteiger partial charge in [-0.25, -0.2) is 4.98 Å². The quantitative estimate of drug-likeness (QED) is 0.668. The summed E-state index contributed by atoms with van der Waals surface area (Å²) in [4.78, 5) is 4.18. The fraction of sp³-hybridized carbons (Fsp3) is 0.125. The second-order valence-electron chi connectivity index (χ2n) is 2.01. The summed E-state index contributed by atoms with van der Waals surface area (Å²) in [5.41, 5.74) is 1.01. The molecule has 0 unspecified atom stereocenters. The van der Waals surface area contributed by atoms with E-state index in [1.54, 1.807) is 6.20 Å². The van der Waals surface area contributed by atoms with Crippen molar-refractivity contribution in [2.24, 2.45) is 0 Å². The number of anilines is 1. The molecule has 52 valence electrons. The van der Waals surface area contributed by atoms with Crippen LogP contribution in [0, 0.1) is 6.92 Å². The number of hydrogen-bond acceptors (Lipinski definition) is 2. The van der Waals surface area contributed by atoms with Crippen LogP contribution in [-0.4, -0.2) is 4.98 Å². The third-order valence-electron chi connectivity index (χ3n) is 1.14. The largest absolute Gasteiger partial charge is 0.347 e. The topological polar surface area (TPSA) is 24.9 Å². The molecule has 1 aromatic heterocycles. The molecule has 0 aliphatic heterocycles. The van der Waals surface area contributed by atoms with Crippen molar-refractivity contribution in [1.82, 2.24) is 4.98 Å². The minimum Gasteiger partial charge on any atom is -0.347 e. The van der Waals surface area contributed by atoms with Crippen LogP contribution in [0.15, 0.2) is 31.0 Å². The van der Waals surface area contributed by atoms with Gasteiger partial charge in [0.2, 0.25) is 0 Å². The molecule has 1 rings (SSSR count). The molecule has 0 fully saturated rings. The number of nitrogens with zero attached hydrogens (tertiary/aromatic N) is 1. The van der Waals surface area contributed by atoms with Crippen LogP contribution in [0.4, 0.5) is 5.82 Å². The molecule has 0 saturated heterocycles. The molecule has 10 heavy (non-hydrogen) atoms. The Balaban J connectivity index is 2.84. The molecular formula is C8H10N2. The average molecular weight is 134 g/mol. The maximum absolute atomic E-state index is 4.18. The van der Waals surface area contributed by atoms with Crippen molar-refractivity contribution in [3.8, 4) is 0 Å². The van der Waals surface area contributed by atoms with Crippen molar-refractivity contribution in [3.05, 3.63) is 36.7 Å².